The van der Waals surface area contributed by atoms with Gasteiger partial charge in [0, 0.05) is 52.3 Å². The Balaban J connectivity index is 1.48. The van der Waals surface area contributed by atoms with Crippen LogP contribution in [0.4, 0.5) is 10.5 Å². The number of amides is 1. The number of carbonyl (C=O) groups is 1. The van der Waals surface area contributed by atoms with Gasteiger partial charge in [0.05, 0.1) is 16.6 Å². The highest BCUT2D eigenvalue weighted by Gasteiger charge is 2.46. The van der Waals surface area contributed by atoms with E-state index >= 15 is 0 Å². The van der Waals surface area contributed by atoms with Crippen LogP contribution in [0.5, 0.6) is 0 Å². The Bertz CT molecular complexity index is 1310. The third kappa shape index (κ3) is 6.36. The monoisotopic (exact) mass is 584 g/mol. The van der Waals surface area contributed by atoms with Gasteiger partial charge in [0.2, 0.25) is 0 Å². The molecule has 1 spiro atoms. The van der Waals surface area contributed by atoms with Crippen LogP contribution in [0, 0.1) is 0 Å². The summed E-state index contributed by atoms with van der Waals surface area (Å²) in [5.41, 5.74) is 3.98. The van der Waals surface area contributed by atoms with E-state index in [1.165, 1.54) is 11.5 Å². The van der Waals surface area contributed by atoms with Crippen molar-refractivity contribution in [2.45, 2.75) is 96.4 Å². The van der Waals surface area contributed by atoms with Crippen LogP contribution in [0.2, 0.25) is 25.7 Å². The molecule has 40 heavy (non-hydrogen) atoms. The predicted octanol–water partition coefficient (Wildman–Crippen LogP) is 6.63. The van der Waals surface area contributed by atoms with E-state index < -0.39 is 13.7 Å². The zero-order chi connectivity index (χ0) is 28.5. The molecule has 1 amide bonds. The maximum absolute atomic E-state index is 13.4. The van der Waals surface area contributed by atoms with Crippen molar-refractivity contribution in [3.63, 3.8) is 0 Å². The van der Waals surface area contributed by atoms with E-state index in [9.17, 15) is 4.79 Å². The van der Waals surface area contributed by atoms with Crippen LogP contribution in [0.3, 0.4) is 0 Å². The topological polar surface area (TPSA) is 85.6 Å². The average molecular weight is 585 g/mol. The molecule has 5 heterocycles. The van der Waals surface area contributed by atoms with E-state index in [4.69, 9.17) is 14.5 Å². The zero-order valence-electron chi connectivity index (χ0n) is 24.9. The molecule has 2 saturated heterocycles. The van der Waals surface area contributed by atoms with Gasteiger partial charge < -0.3 is 23.8 Å². The van der Waals surface area contributed by atoms with Crippen LogP contribution in [0.1, 0.15) is 52.9 Å². The predicted molar refractivity (Wildman–Crippen MR) is 164 cm³/mol. The molecule has 0 N–H and O–H groups in total. The molecule has 11 heteroatoms. The summed E-state index contributed by atoms with van der Waals surface area (Å²) in [4.78, 5) is 27.2. The summed E-state index contributed by atoms with van der Waals surface area (Å²) in [6, 6.07) is 3.23. The summed E-state index contributed by atoms with van der Waals surface area (Å²) in [5, 5.41) is 1.05. The number of rotatable bonds is 7. The van der Waals surface area contributed by atoms with E-state index in [1.54, 1.807) is 5.51 Å². The molecule has 1 unspecified atom stereocenters. The summed E-state index contributed by atoms with van der Waals surface area (Å²) in [6.07, 6.45) is 8.91. The van der Waals surface area contributed by atoms with Crippen LogP contribution in [-0.4, -0.2) is 75.4 Å². The minimum atomic E-state index is -1.18. The lowest BCUT2D eigenvalue weighted by Crippen LogP contribution is -2.63. The molecule has 0 bridgehead atoms. The van der Waals surface area contributed by atoms with E-state index in [0.29, 0.717) is 12.6 Å². The van der Waals surface area contributed by atoms with Crippen LogP contribution in [0.15, 0.2) is 24.0 Å². The summed E-state index contributed by atoms with van der Waals surface area (Å²) in [5.74, 6) is 0.713. The van der Waals surface area contributed by atoms with Gasteiger partial charge in [-0.05, 0) is 76.5 Å². The van der Waals surface area contributed by atoms with Gasteiger partial charge >= 0.3 is 6.09 Å². The largest absolute Gasteiger partial charge is 0.444 e. The Morgan fingerprint density at radius 3 is 2.65 bits per heavy atom. The molecule has 0 radical (unpaired) electrons. The van der Waals surface area contributed by atoms with E-state index in [0.717, 1.165) is 86.7 Å². The molecule has 1 atom stereocenters. The molecule has 218 valence electrons. The number of likely N-dealkylation sites (tertiary alicyclic amines) is 1. The van der Waals surface area contributed by atoms with Gasteiger partial charge in [-0.25, -0.2) is 14.8 Å². The van der Waals surface area contributed by atoms with Gasteiger partial charge in [-0.1, -0.05) is 19.6 Å². The number of pyridine rings is 1. The fraction of sp³-hybridized carbons (Fsp3) is 0.655. The first-order chi connectivity index (χ1) is 19.0. The number of hydrogen-bond donors (Lipinski definition) is 0. The molecule has 2 fully saturated rings. The van der Waals surface area contributed by atoms with Crippen LogP contribution in [0.25, 0.3) is 22.4 Å². The number of hydrogen-bond acceptors (Lipinski definition) is 8. The van der Waals surface area contributed by atoms with Crippen molar-refractivity contribution in [2.75, 3.05) is 31.1 Å². The Labute approximate surface area is 243 Å². The number of anilines is 1. The molecule has 5 rings (SSSR count). The maximum Gasteiger partial charge on any atom is 0.410 e. The van der Waals surface area contributed by atoms with E-state index in [-0.39, 0.29) is 11.6 Å². The van der Waals surface area contributed by atoms with Crippen molar-refractivity contribution < 1.29 is 14.3 Å². The first-order valence-electron chi connectivity index (χ1n) is 14.5. The molecular weight excluding hydrogens is 541 g/mol. The van der Waals surface area contributed by atoms with Gasteiger partial charge in [-0.2, -0.15) is 4.37 Å². The molecule has 2 aliphatic rings. The summed E-state index contributed by atoms with van der Waals surface area (Å²) in [6.45, 7) is 16.5. The molecule has 0 aromatic carbocycles. The summed E-state index contributed by atoms with van der Waals surface area (Å²) in [7, 11) is -1.18. The minimum Gasteiger partial charge on any atom is -0.444 e. The maximum atomic E-state index is 13.4. The number of ether oxygens (including phenoxy) is 2. The Morgan fingerprint density at radius 2 is 1.93 bits per heavy atom. The first-order valence-corrected chi connectivity index (χ1v) is 19.1. The van der Waals surface area contributed by atoms with Crippen LogP contribution in [-0.2, 0) is 16.2 Å². The Kier molecular flexibility index (Phi) is 8.27. The molecular formula is C29H44N6O3SSi. The standard InChI is InChI=1S/C29H44N6O3SSi/c1-28(2,3)38-27(36)35-15-8-7-11-29(35)12-9-14-33(19-29)23-10-13-30-26-24(23)22(25-31-20-39-32-25)18-34(26)21-37-16-17-40(4,5)6/h10,13,18,20H,7-9,11-12,14-17,19,21H2,1-6H3. The lowest BCUT2D eigenvalue weighted by molar-refractivity contribution is -0.0198. The number of piperidine rings is 2. The fourth-order valence-electron chi connectivity index (χ4n) is 6.00. The number of aromatic nitrogens is 4. The molecule has 2 aliphatic heterocycles. The smallest absolute Gasteiger partial charge is 0.410 e. The highest BCUT2D eigenvalue weighted by atomic mass is 32.1. The Morgan fingerprint density at radius 1 is 1.12 bits per heavy atom. The van der Waals surface area contributed by atoms with Gasteiger partial charge in [0.1, 0.15) is 23.5 Å². The van der Waals surface area contributed by atoms with Gasteiger partial charge in [-0.3, -0.25) is 0 Å². The molecule has 0 saturated carbocycles. The molecule has 3 aromatic heterocycles. The van der Waals surface area contributed by atoms with Crippen molar-refractivity contribution in [1.29, 1.82) is 0 Å². The molecule has 0 aliphatic carbocycles. The van der Waals surface area contributed by atoms with Crippen molar-refractivity contribution in [2.24, 2.45) is 0 Å². The summed E-state index contributed by atoms with van der Waals surface area (Å²) < 4.78 is 18.7. The highest BCUT2D eigenvalue weighted by Crippen LogP contribution is 2.42. The van der Waals surface area contributed by atoms with Crippen LogP contribution >= 0.6 is 11.5 Å². The van der Waals surface area contributed by atoms with Gasteiger partial charge in [0.25, 0.3) is 0 Å². The van der Waals surface area contributed by atoms with Crippen molar-refractivity contribution in [1.82, 2.24) is 23.8 Å². The second-order valence-corrected chi connectivity index (χ2v) is 19.7. The van der Waals surface area contributed by atoms with Gasteiger partial charge in [0.15, 0.2) is 5.82 Å². The number of fused-ring (bicyclic) bond motifs is 1. The molecule has 3 aromatic rings. The minimum absolute atomic E-state index is 0.192. The molecule has 9 nitrogen and oxygen atoms in total. The van der Waals surface area contributed by atoms with Crippen molar-refractivity contribution in [3.05, 3.63) is 24.0 Å². The van der Waals surface area contributed by atoms with Crippen molar-refractivity contribution >= 4 is 42.4 Å². The summed E-state index contributed by atoms with van der Waals surface area (Å²) >= 11 is 1.35. The first kappa shape index (κ1) is 29.0. The van der Waals surface area contributed by atoms with E-state index in [1.807, 2.05) is 31.9 Å². The number of carbonyl (C=O) groups excluding carboxylic acids is 1. The lowest BCUT2D eigenvalue weighted by atomic mass is 9.79. The lowest BCUT2D eigenvalue weighted by Gasteiger charge is -2.52. The fourth-order valence-corrected chi connectivity index (χ4v) is 7.20. The normalized spacial score (nSPS) is 20.4. The van der Waals surface area contributed by atoms with Crippen LogP contribution < -0.4 is 4.90 Å². The number of nitrogens with zero attached hydrogens (tertiary/aromatic N) is 6. The third-order valence-corrected chi connectivity index (χ3v) is 10.1. The van der Waals surface area contributed by atoms with Crippen molar-refractivity contribution in [3.8, 4) is 11.4 Å². The average Bonchev–Trinajstić information content (AvgIpc) is 3.53. The Hall–Kier alpha value is -2.50. The third-order valence-electron chi connectivity index (χ3n) is 7.92. The van der Waals surface area contributed by atoms with Gasteiger partial charge in [-0.15, -0.1) is 0 Å². The SMILES string of the molecule is CC(C)(C)OC(=O)N1CCCCC12CCCN(c1ccnc3c1c(-c1ncsn1)cn3COCC[Si](C)(C)C)C2. The second kappa shape index (κ2) is 11.4. The quantitative estimate of drug-likeness (QED) is 0.228. The second-order valence-electron chi connectivity index (χ2n) is 13.5. The van der Waals surface area contributed by atoms with E-state index in [2.05, 4.69) is 50.7 Å². The highest BCUT2D eigenvalue weighted by molar-refractivity contribution is 7.03. The zero-order valence-corrected chi connectivity index (χ0v) is 26.7.